The van der Waals surface area contributed by atoms with Crippen LogP contribution in [0.3, 0.4) is 0 Å². The number of pyridine rings is 1. The van der Waals surface area contributed by atoms with E-state index in [1.54, 1.807) is 24.4 Å². The molecular formula is C12H10BrN3O2. The molecule has 0 bridgehead atoms. The number of oxime groups is 1. The fraction of sp³-hybridized carbons (Fsp3) is 0. The summed E-state index contributed by atoms with van der Waals surface area (Å²) in [6.45, 7) is 0. The number of halogens is 1. The molecular weight excluding hydrogens is 298 g/mol. The van der Waals surface area contributed by atoms with Crippen LogP contribution in [0.15, 0.2) is 52.2 Å². The maximum Gasteiger partial charge on any atom is 0.230 e. The molecule has 5 nitrogen and oxygen atoms in total. The van der Waals surface area contributed by atoms with Crippen molar-refractivity contribution in [3.63, 3.8) is 0 Å². The zero-order chi connectivity index (χ0) is 13.0. The summed E-state index contributed by atoms with van der Waals surface area (Å²) in [6, 6.07) is 10.7. The van der Waals surface area contributed by atoms with Crippen molar-refractivity contribution < 1.29 is 9.94 Å². The third kappa shape index (κ3) is 2.60. The van der Waals surface area contributed by atoms with Crippen molar-refractivity contribution in [1.29, 1.82) is 0 Å². The average molecular weight is 308 g/mol. The van der Waals surface area contributed by atoms with E-state index in [1.165, 1.54) is 0 Å². The first kappa shape index (κ1) is 12.4. The first-order valence-electron chi connectivity index (χ1n) is 5.07. The van der Waals surface area contributed by atoms with E-state index in [0.29, 0.717) is 11.3 Å². The molecule has 1 aromatic heterocycles. The van der Waals surface area contributed by atoms with Gasteiger partial charge in [-0.3, -0.25) is 0 Å². The highest BCUT2D eigenvalue weighted by Crippen LogP contribution is 2.29. The number of hydrogen-bond donors (Lipinski definition) is 2. The van der Waals surface area contributed by atoms with Crippen molar-refractivity contribution in [2.24, 2.45) is 10.9 Å². The van der Waals surface area contributed by atoms with Crippen molar-refractivity contribution in [3.05, 3.63) is 52.6 Å². The minimum Gasteiger partial charge on any atom is -0.437 e. The van der Waals surface area contributed by atoms with Crippen LogP contribution in [0.2, 0.25) is 0 Å². The molecule has 0 fully saturated rings. The number of amidine groups is 1. The number of para-hydroxylation sites is 1. The molecule has 1 aromatic carbocycles. The molecule has 2 aromatic rings. The van der Waals surface area contributed by atoms with Gasteiger partial charge in [-0.2, -0.15) is 0 Å². The molecule has 0 spiro atoms. The highest BCUT2D eigenvalue weighted by molar-refractivity contribution is 9.10. The SMILES string of the molecule is N/C(=N\O)c1cccnc1Oc1ccccc1Br. The van der Waals surface area contributed by atoms with Gasteiger partial charge in [0.2, 0.25) is 5.88 Å². The van der Waals surface area contributed by atoms with Crippen molar-refractivity contribution in [2.75, 3.05) is 0 Å². The quantitative estimate of drug-likeness (QED) is 0.395. The van der Waals surface area contributed by atoms with Crippen LogP contribution in [0.5, 0.6) is 11.6 Å². The second-order valence-corrected chi connectivity index (χ2v) is 4.23. The highest BCUT2D eigenvalue weighted by Gasteiger charge is 2.11. The number of hydrogen-bond acceptors (Lipinski definition) is 4. The van der Waals surface area contributed by atoms with Crippen LogP contribution in [0.4, 0.5) is 0 Å². The summed E-state index contributed by atoms with van der Waals surface area (Å²) in [5.74, 6) is 0.827. The number of nitrogens with two attached hydrogens (primary N) is 1. The molecule has 1 heterocycles. The number of rotatable bonds is 3. The molecule has 0 aliphatic carbocycles. The fourth-order valence-corrected chi connectivity index (χ4v) is 1.72. The molecule has 92 valence electrons. The second kappa shape index (κ2) is 5.50. The van der Waals surface area contributed by atoms with E-state index < -0.39 is 0 Å². The van der Waals surface area contributed by atoms with Crippen molar-refractivity contribution >= 4 is 21.8 Å². The van der Waals surface area contributed by atoms with Gasteiger partial charge in [0.25, 0.3) is 0 Å². The summed E-state index contributed by atoms with van der Waals surface area (Å²) in [6.07, 6.45) is 1.57. The molecule has 2 rings (SSSR count). The minimum absolute atomic E-state index is 0.0508. The Balaban J connectivity index is 2.38. The molecule has 6 heteroatoms. The van der Waals surface area contributed by atoms with E-state index in [-0.39, 0.29) is 11.7 Å². The lowest BCUT2D eigenvalue weighted by molar-refractivity contribution is 0.318. The predicted octanol–water partition coefficient (Wildman–Crippen LogP) is 2.73. The number of nitrogens with zero attached hydrogens (tertiary/aromatic N) is 2. The van der Waals surface area contributed by atoms with Crippen molar-refractivity contribution in [3.8, 4) is 11.6 Å². The van der Waals surface area contributed by atoms with Gasteiger partial charge >= 0.3 is 0 Å². The lowest BCUT2D eigenvalue weighted by Crippen LogP contribution is -2.14. The van der Waals surface area contributed by atoms with E-state index in [1.807, 2.05) is 18.2 Å². The predicted molar refractivity (Wildman–Crippen MR) is 71.0 cm³/mol. The maximum atomic E-state index is 8.70. The van der Waals surface area contributed by atoms with Gasteiger partial charge in [0.05, 0.1) is 10.0 Å². The van der Waals surface area contributed by atoms with Gasteiger partial charge < -0.3 is 15.7 Å². The van der Waals surface area contributed by atoms with E-state index in [0.717, 1.165) is 4.47 Å². The number of aromatic nitrogens is 1. The van der Waals surface area contributed by atoms with Gasteiger partial charge in [0.1, 0.15) is 5.75 Å². The van der Waals surface area contributed by atoms with Gasteiger partial charge in [0.15, 0.2) is 5.84 Å². The van der Waals surface area contributed by atoms with Crippen molar-refractivity contribution in [2.45, 2.75) is 0 Å². The van der Waals surface area contributed by atoms with Gasteiger partial charge in [-0.1, -0.05) is 17.3 Å². The summed E-state index contributed by atoms with van der Waals surface area (Å²) < 4.78 is 6.43. The van der Waals surface area contributed by atoms with Crippen LogP contribution in [0, 0.1) is 0 Å². The fourth-order valence-electron chi connectivity index (χ4n) is 1.35. The van der Waals surface area contributed by atoms with Crippen LogP contribution in [0.1, 0.15) is 5.56 Å². The Hall–Kier alpha value is -2.08. The normalized spacial score (nSPS) is 11.3. The first-order valence-corrected chi connectivity index (χ1v) is 5.87. The molecule has 18 heavy (non-hydrogen) atoms. The summed E-state index contributed by atoms with van der Waals surface area (Å²) in [5, 5.41) is 11.6. The van der Waals surface area contributed by atoms with Gasteiger partial charge in [-0.25, -0.2) is 4.98 Å². The molecule has 0 saturated heterocycles. The Morgan fingerprint density at radius 3 is 2.78 bits per heavy atom. The Labute approximate surface area is 112 Å². The summed E-state index contributed by atoms with van der Waals surface area (Å²) in [7, 11) is 0. The molecule has 3 N–H and O–H groups in total. The largest absolute Gasteiger partial charge is 0.437 e. The number of benzene rings is 1. The van der Waals surface area contributed by atoms with E-state index in [2.05, 4.69) is 26.1 Å². The second-order valence-electron chi connectivity index (χ2n) is 3.37. The zero-order valence-electron chi connectivity index (χ0n) is 9.25. The average Bonchev–Trinajstić information content (AvgIpc) is 2.41. The summed E-state index contributed by atoms with van der Waals surface area (Å²) in [4.78, 5) is 4.07. The van der Waals surface area contributed by atoms with Crippen LogP contribution in [-0.2, 0) is 0 Å². The number of ether oxygens (including phenoxy) is 1. The zero-order valence-corrected chi connectivity index (χ0v) is 10.8. The van der Waals surface area contributed by atoms with Crippen LogP contribution in [0.25, 0.3) is 0 Å². The van der Waals surface area contributed by atoms with Crippen molar-refractivity contribution in [1.82, 2.24) is 4.98 Å². The molecule has 0 atom stereocenters. The molecule has 0 unspecified atom stereocenters. The minimum atomic E-state index is -0.0508. The van der Waals surface area contributed by atoms with E-state index in [4.69, 9.17) is 15.7 Å². The first-order chi connectivity index (χ1) is 8.72. The van der Waals surface area contributed by atoms with Gasteiger partial charge in [0, 0.05) is 6.20 Å². The van der Waals surface area contributed by atoms with Crippen LogP contribution < -0.4 is 10.5 Å². The Morgan fingerprint density at radius 2 is 2.06 bits per heavy atom. The molecule has 0 aliphatic heterocycles. The Bertz CT molecular complexity index is 587. The van der Waals surface area contributed by atoms with Crippen LogP contribution in [-0.4, -0.2) is 16.0 Å². The molecule has 0 amide bonds. The third-order valence-electron chi connectivity index (χ3n) is 2.20. The highest BCUT2D eigenvalue weighted by atomic mass is 79.9. The van der Waals surface area contributed by atoms with Gasteiger partial charge in [-0.05, 0) is 40.2 Å². The van der Waals surface area contributed by atoms with E-state index in [9.17, 15) is 0 Å². The summed E-state index contributed by atoms with van der Waals surface area (Å²) >= 11 is 3.37. The Morgan fingerprint density at radius 1 is 1.28 bits per heavy atom. The molecule has 0 saturated carbocycles. The summed E-state index contributed by atoms with van der Waals surface area (Å²) in [5.41, 5.74) is 5.98. The third-order valence-corrected chi connectivity index (χ3v) is 2.85. The van der Waals surface area contributed by atoms with Crippen LogP contribution >= 0.6 is 15.9 Å². The maximum absolute atomic E-state index is 8.70. The Kier molecular flexibility index (Phi) is 3.78. The lowest BCUT2D eigenvalue weighted by Gasteiger charge is -2.09. The smallest absolute Gasteiger partial charge is 0.230 e. The standard InChI is InChI=1S/C12H10BrN3O2/c13-9-5-1-2-6-10(9)18-12-8(11(14)16-17)4-3-7-15-12/h1-7,17H,(H2,14,16). The molecule has 0 aliphatic rings. The lowest BCUT2D eigenvalue weighted by atomic mass is 10.2. The molecule has 0 radical (unpaired) electrons. The van der Waals surface area contributed by atoms with E-state index >= 15 is 0 Å². The van der Waals surface area contributed by atoms with Gasteiger partial charge in [-0.15, -0.1) is 0 Å². The monoisotopic (exact) mass is 307 g/mol. The topological polar surface area (TPSA) is 80.7 Å².